The van der Waals surface area contributed by atoms with E-state index < -0.39 is 0 Å². The molecule has 1 heterocycles. The van der Waals surface area contributed by atoms with E-state index in [9.17, 15) is 4.79 Å². The number of nitrogens with zero attached hydrogens (tertiary/aromatic N) is 1. The lowest BCUT2D eigenvalue weighted by Crippen LogP contribution is -2.33. The van der Waals surface area contributed by atoms with Gasteiger partial charge in [0.15, 0.2) is 10.7 Å². The molecule has 27 heavy (non-hydrogen) atoms. The highest BCUT2D eigenvalue weighted by molar-refractivity contribution is 7.80. The number of hydrogen-bond donors (Lipinski definition) is 2. The summed E-state index contributed by atoms with van der Waals surface area (Å²) in [5, 5.41) is 6.81. The summed E-state index contributed by atoms with van der Waals surface area (Å²) in [6.07, 6.45) is 2.24. The van der Waals surface area contributed by atoms with E-state index in [1.165, 1.54) is 0 Å². The number of hydrogen-bond acceptors (Lipinski definition) is 4. The summed E-state index contributed by atoms with van der Waals surface area (Å²) in [6, 6.07) is 10.6. The fourth-order valence-corrected chi connectivity index (χ4v) is 2.98. The molecule has 0 fully saturated rings. The maximum atomic E-state index is 11.7. The van der Waals surface area contributed by atoms with Crippen molar-refractivity contribution in [3.05, 3.63) is 46.4 Å². The first-order chi connectivity index (χ1) is 13.0. The monoisotopic (exact) mass is 421 g/mol. The van der Waals surface area contributed by atoms with Crippen LogP contribution in [0.5, 0.6) is 0 Å². The van der Waals surface area contributed by atoms with E-state index in [-0.39, 0.29) is 11.0 Å². The summed E-state index contributed by atoms with van der Waals surface area (Å²) in [7, 11) is 0. The second kappa shape index (κ2) is 8.69. The molecule has 3 rings (SSSR count). The van der Waals surface area contributed by atoms with Crippen LogP contribution in [0.3, 0.4) is 0 Å². The Labute approximate surface area is 172 Å². The van der Waals surface area contributed by atoms with Gasteiger partial charge in [0, 0.05) is 17.7 Å². The zero-order valence-corrected chi connectivity index (χ0v) is 16.8. The van der Waals surface area contributed by atoms with Crippen LogP contribution in [0.25, 0.3) is 22.6 Å². The number of fused-ring (bicyclic) bond motifs is 1. The molecule has 0 radical (unpaired) electrons. The molecule has 0 bridgehead atoms. The van der Waals surface area contributed by atoms with Crippen molar-refractivity contribution in [2.75, 3.05) is 5.32 Å². The summed E-state index contributed by atoms with van der Waals surface area (Å²) in [6.45, 7) is 2.03. The molecule has 5 nitrogen and oxygen atoms in total. The summed E-state index contributed by atoms with van der Waals surface area (Å²) in [5.74, 6) is 0.343. The highest BCUT2D eigenvalue weighted by Crippen LogP contribution is 2.30. The summed E-state index contributed by atoms with van der Waals surface area (Å²) in [4.78, 5) is 16.2. The van der Waals surface area contributed by atoms with E-state index in [1.54, 1.807) is 36.4 Å². The SMILES string of the molecule is CCCCC(=O)NC(=S)Nc1ccc2oc(-c3ccc(Cl)c(Cl)c3)nc2c1. The molecule has 0 saturated carbocycles. The number of anilines is 1. The fourth-order valence-electron chi connectivity index (χ4n) is 2.45. The molecule has 0 aliphatic rings. The minimum Gasteiger partial charge on any atom is -0.436 e. The Hall–Kier alpha value is -2.15. The van der Waals surface area contributed by atoms with E-state index >= 15 is 0 Å². The Bertz CT molecular complexity index is 1000. The van der Waals surface area contributed by atoms with Crippen LogP contribution in [0, 0.1) is 0 Å². The minimum atomic E-state index is -0.0984. The number of thiocarbonyl (C=S) groups is 1. The van der Waals surface area contributed by atoms with E-state index in [0.717, 1.165) is 18.4 Å². The molecule has 140 valence electrons. The lowest BCUT2D eigenvalue weighted by Gasteiger charge is -2.09. The predicted molar refractivity (Wildman–Crippen MR) is 113 cm³/mol. The summed E-state index contributed by atoms with van der Waals surface area (Å²) >= 11 is 17.2. The highest BCUT2D eigenvalue weighted by Gasteiger charge is 2.11. The Morgan fingerprint density at radius 3 is 2.74 bits per heavy atom. The number of amides is 1. The largest absolute Gasteiger partial charge is 0.436 e. The molecular formula is C19H17Cl2N3O2S. The van der Waals surface area contributed by atoms with Crippen LogP contribution < -0.4 is 10.6 Å². The molecular weight excluding hydrogens is 405 g/mol. The quantitative estimate of drug-likeness (QED) is 0.509. The van der Waals surface area contributed by atoms with Crippen molar-refractivity contribution in [3.63, 3.8) is 0 Å². The molecule has 2 N–H and O–H groups in total. The first kappa shape index (κ1) is 19.6. The number of carbonyl (C=O) groups excluding carboxylic acids is 1. The molecule has 1 aromatic heterocycles. The van der Waals surface area contributed by atoms with Gasteiger partial charge in [0.25, 0.3) is 0 Å². The number of nitrogens with one attached hydrogen (secondary N) is 2. The zero-order valence-electron chi connectivity index (χ0n) is 14.5. The second-order valence-electron chi connectivity index (χ2n) is 5.94. The zero-order chi connectivity index (χ0) is 19.4. The molecule has 2 aromatic carbocycles. The van der Waals surface area contributed by atoms with Crippen LogP contribution >= 0.6 is 35.4 Å². The number of benzene rings is 2. The average molecular weight is 422 g/mol. The normalized spacial score (nSPS) is 10.8. The van der Waals surface area contributed by atoms with Gasteiger partial charge in [-0.3, -0.25) is 4.79 Å². The maximum absolute atomic E-state index is 11.7. The van der Waals surface area contributed by atoms with Crippen LogP contribution in [0.15, 0.2) is 40.8 Å². The molecule has 0 atom stereocenters. The van der Waals surface area contributed by atoms with Crippen LogP contribution in [-0.2, 0) is 4.79 Å². The van der Waals surface area contributed by atoms with Crippen molar-refractivity contribution in [1.82, 2.24) is 10.3 Å². The maximum Gasteiger partial charge on any atom is 0.227 e. The lowest BCUT2D eigenvalue weighted by atomic mass is 10.2. The molecule has 3 aromatic rings. The number of oxazole rings is 1. The molecule has 0 saturated heterocycles. The van der Waals surface area contributed by atoms with Crippen LogP contribution in [0.4, 0.5) is 5.69 Å². The van der Waals surface area contributed by atoms with Gasteiger partial charge in [0.2, 0.25) is 11.8 Å². The van der Waals surface area contributed by atoms with Crippen molar-refractivity contribution in [1.29, 1.82) is 0 Å². The Morgan fingerprint density at radius 1 is 1.19 bits per heavy atom. The van der Waals surface area contributed by atoms with E-state index in [1.807, 2.05) is 6.92 Å². The summed E-state index contributed by atoms with van der Waals surface area (Å²) < 4.78 is 5.77. The summed E-state index contributed by atoms with van der Waals surface area (Å²) in [5.41, 5.74) is 2.71. The number of carbonyl (C=O) groups is 1. The number of rotatable bonds is 5. The van der Waals surface area contributed by atoms with Gasteiger partial charge in [-0.05, 0) is 55.0 Å². The van der Waals surface area contributed by atoms with Gasteiger partial charge < -0.3 is 15.1 Å². The standard InChI is InChI=1S/C19H17Cl2N3O2S/c1-2-3-4-17(25)24-19(27)22-12-6-8-16-15(10-12)23-18(26-16)11-5-7-13(20)14(21)9-11/h5-10H,2-4H2,1H3,(H2,22,24,25,27). The number of halogens is 2. The average Bonchev–Trinajstić information content (AvgIpc) is 3.05. The van der Waals surface area contributed by atoms with Crippen LogP contribution in [-0.4, -0.2) is 16.0 Å². The van der Waals surface area contributed by atoms with Crippen molar-refractivity contribution in [2.24, 2.45) is 0 Å². The molecule has 0 unspecified atom stereocenters. The second-order valence-corrected chi connectivity index (χ2v) is 7.16. The molecule has 1 amide bonds. The fraction of sp³-hybridized carbons (Fsp3) is 0.211. The van der Waals surface area contributed by atoms with Gasteiger partial charge in [-0.1, -0.05) is 36.5 Å². The van der Waals surface area contributed by atoms with E-state index in [0.29, 0.717) is 39.1 Å². The topological polar surface area (TPSA) is 67.2 Å². The first-order valence-corrected chi connectivity index (χ1v) is 9.59. The molecule has 8 heteroatoms. The van der Waals surface area contributed by atoms with Gasteiger partial charge in [-0.15, -0.1) is 0 Å². The Balaban J connectivity index is 1.74. The third-order valence-corrected chi connectivity index (χ3v) is 4.77. The van der Waals surface area contributed by atoms with Crippen LogP contribution in [0.1, 0.15) is 26.2 Å². The lowest BCUT2D eigenvalue weighted by molar-refractivity contribution is -0.119. The smallest absolute Gasteiger partial charge is 0.227 e. The van der Waals surface area contributed by atoms with Gasteiger partial charge in [0.1, 0.15) is 5.52 Å². The van der Waals surface area contributed by atoms with Gasteiger partial charge in [-0.2, -0.15) is 0 Å². The van der Waals surface area contributed by atoms with Crippen molar-refractivity contribution < 1.29 is 9.21 Å². The third kappa shape index (κ3) is 4.97. The molecule has 0 spiro atoms. The number of unbranched alkanes of at least 4 members (excludes halogenated alkanes) is 1. The van der Waals surface area contributed by atoms with E-state index in [2.05, 4.69) is 15.6 Å². The molecule has 0 aliphatic heterocycles. The Kier molecular flexibility index (Phi) is 6.31. The Morgan fingerprint density at radius 2 is 2.00 bits per heavy atom. The van der Waals surface area contributed by atoms with Crippen molar-refractivity contribution >= 4 is 63.2 Å². The number of aromatic nitrogens is 1. The third-order valence-electron chi connectivity index (χ3n) is 3.82. The van der Waals surface area contributed by atoms with Gasteiger partial charge >= 0.3 is 0 Å². The van der Waals surface area contributed by atoms with Gasteiger partial charge in [0.05, 0.1) is 10.0 Å². The highest BCUT2D eigenvalue weighted by atomic mass is 35.5. The van der Waals surface area contributed by atoms with Gasteiger partial charge in [-0.25, -0.2) is 4.98 Å². The predicted octanol–water partition coefficient (Wildman–Crippen LogP) is 5.80. The van der Waals surface area contributed by atoms with Crippen molar-refractivity contribution in [2.45, 2.75) is 26.2 Å². The van der Waals surface area contributed by atoms with Crippen molar-refractivity contribution in [3.8, 4) is 11.5 Å². The minimum absolute atomic E-state index is 0.0984. The van der Waals surface area contributed by atoms with E-state index in [4.69, 9.17) is 39.8 Å². The molecule has 0 aliphatic carbocycles. The van der Waals surface area contributed by atoms with Crippen LogP contribution in [0.2, 0.25) is 10.0 Å². The first-order valence-electron chi connectivity index (χ1n) is 8.43.